The van der Waals surface area contributed by atoms with Crippen LogP contribution in [-0.2, 0) is 4.79 Å². The summed E-state index contributed by atoms with van der Waals surface area (Å²) in [4.78, 5) is 16.3. The van der Waals surface area contributed by atoms with Crippen molar-refractivity contribution in [3.63, 3.8) is 0 Å². The van der Waals surface area contributed by atoms with Crippen molar-refractivity contribution >= 4 is 12.1 Å². The Morgan fingerprint density at radius 3 is 2.77 bits per heavy atom. The Hall–Kier alpha value is -4.26. The molecule has 4 aromatic rings. The maximum absolute atomic E-state index is 12.1. The zero-order valence-corrected chi connectivity index (χ0v) is 17.0. The van der Waals surface area contributed by atoms with Crippen LogP contribution in [-0.4, -0.2) is 33.5 Å². The molecular formula is C24H21N5O2. The molecule has 0 atom stereocenters. The summed E-state index contributed by atoms with van der Waals surface area (Å²) in [7, 11) is 0. The van der Waals surface area contributed by atoms with Gasteiger partial charge in [-0.15, -0.1) is 0 Å². The van der Waals surface area contributed by atoms with E-state index in [4.69, 9.17) is 4.74 Å². The van der Waals surface area contributed by atoms with Crippen molar-refractivity contribution < 1.29 is 9.53 Å². The molecule has 0 radical (unpaired) electrons. The maximum atomic E-state index is 12.1. The largest absolute Gasteiger partial charge is 0.484 e. The fourth-order valence-electron chi connectivity index (χ4n) is 2.98. The zero-order valence-electron chi connectivity index (χ0n) is 17.0. The Bertz CT molecular complexity index is 1190. The minimum atomic E-state index is -0.351. The molecular weight excluding hydrogens is 390 g/mol. The smallest absolute Gasteiger partial charge is 0.277 e. The molecule has 1 N–H and O–H groups in total. The van der Waals surface area contributed by atoms with Gasteiger partial charge in [0, 0.05) is 29.7 Å². The number of amides is 1. The second kappa shape index (κ2) is 9.49. The third-order valence-corrected chi connectivity index (χ3v) is 4.45. The lowest BCUT2D eigenvalue weighted by molar-refractivity contribution is -0.123. The molecule has 2 aromatic heterocycles. The van der Waals surface area contributed by atoms with Gasteiger partial charge in [-0.2, -0.15) is 10.2 Å². The number of aromatic nitrogens is 3. The Balaban J connectivity index is 1.48. The molecule has 2 aromatic carbocycles. The van der Waals surface area contributed by atoms with Crippen LogP contribution in [0.3, 0.4) is 0 Å². The zero-order chi connectivity index (χ0) is 21.5. The number of nitrogens with one attached hydrogen (secondary N) is 1. The van der Waals surface area contributed by atoms with Gasteiger partial charge in [0.15, 0.2) is 6.61 Å². The normalized spacial score (nSPS) is 10.9. The summed E-state index contributed by atoms with van der Waals surface area (Å²) in [5.74, 6) is 0.290. The van der Waals surface area contributed by atoms with E-state index in [-0.39, 0.29) is 12.5 Å². The molecule has 0 aliphatic rings. The average molecular weight is 411 g/mol. The minimum absolute atomic E-state index is 0.125. The lowest BCUT2D eigenvalue weighted by Gasteiger charge is -2.05. The first-order chi connectivity index (χ1) is 15.2. The summed E-state index contributed by atoms with van der Waals surface area (Å²) in [5, 5.41) is 8.77. The van der Waals surface area contributed by atoms with E-state index >= 15 is 0 Å². The van der Waals surface area contributed by atoms with Gasteiger partial charge >= 0.3 is 0 Å². The van der Waals surface area contributed by atoms with Gasteiger partial charge in [0.25, 0.3) is 5.91 Å². The molecule has 0 saturated carbocycles. The van der Waals surface area contributed by atoms with Gasteiger partial charge in [-0.3, -0.25) is 9.78 Å². The molecule has 0 aliphatic carbocycles. The van der Waals surface area contributed by atoms with Crippen LogP contribution in [0.2, 0.25) is 0 Å². The molecule has 0 aliphatic heterocycles. The second-order valence-electron chi connectivity index (χ2n) is 6.85. The fraction of sp³-hybridized carbons (Fsp3) is 0.0833. The molecule has 1 amide bonds. The van der Waals surface area contributed by atoms with Crippen LogP contribution in [0, 0.1) is 6.92 Å². The monoisotopic (exact) mass is 411 g/mol. The molecule has 0 fully saturated rings. The number of ether oxygens (including phenoxy) is 1. The van der Waals surface area contributed by atoms with Crippen molar-refractivity contribution in [3.05, 3.63) is 96.4 Å². The number of nitrogens with zero attached hydrogens (tertiary/aromatic N) is 4. The molecule has 0 saturated heterocycles. The van der Waals surface area contributed by atoms with E-state index in [1.54, 1.807) is 23.3 Å². The number of pyridine rings is 1. The number of hydrogen-bond donors (Lipinski definition) is 1. The highest BCUT2D eigenvalue weighted by Gasteiger charge is 2.11. The second-order valence-corrected chi connectivity index (χ2v) is 6.85. The van der Waals surface area contributed by atoms with Crippen LogP contribution < -0.4 is 10.2 Å². The predicted molar refractivity (Wildman–Crippen MR) is 119 cm³/mol. The summed E-state index contributed by atoms with van der Waals surface area (Å²) in [6.07, 6.45) is 6.87. The van der Waals surface area contributed by atoms with Crippen LogP contribution in [0.5, 0.6) is 5.75 Å². The number of hydrogen-bond acceptors (Lipinski definition) is 5. The Labute approximate surface area is 180 Å². The third-order valence-electron chi connectivity index (χ3n) is 4.45. The Kier molecular flexibility index (Phi) is 6.13. The molecule has 7 nitrogen and oxygen atoms in total. The van der Waals surface area contributed by atoms with E-state index in [2.05, 4.69) is 20.6 Å². The summed E-state index contributed by atoms with van der Waals surface area (Å²) < 4.78 is 7.27. The number of carbonyl (C=O) groups is 1. The third kappa shape index (κ3) is 5.22. The minimum Gasteiger partial charge on any atom is -0.484 e. The Morgan fingerprint density at radius 1 is 1.13 bits per heavy atom. The van der Waals surface area contributed by atoms with Gasteiger partial charge in [0.2, 0.25) is 0 Å². The van der Waals surface area contributed by atoms with Crippen LogP contribution in [0.15, 0.2) is 90.4 Å². The van der Waals surface area contributed by atoms with Gasteiger partial charge in [0.1, 0.15) is 11.4 Å². The van der Waals surface area contributed by atoms with E-state index in [1.807, 2.05) is 79.9 Å². The first-order valence-electron chi connectivity index (χ1n) is 9.76. The molecule has 4 rings (SSSR count). The summed E-state index contributed by atoms with van der Waals surface area (Å²) >= 11 is 0. The van der Waals surface area contributed by atoms with Crippen molar-refractivity contribution in [2.45, 2.75) is 6.92 Å². The topological polar surface area (TPSA) is 81.4 Å². The highest BCUT2D eigenvalue weighted by atomic mass is 16.5. The molecule has 0 unspecified atom stereocenters. The first-order valence-corrected chi connectivity index (χ1v) is 9.76. The summed E-state index contributed by atoms with van der Waals surface area (Å²) in [6, 6.07) is 21.1. The van der Waals surface area contributed by atoms with Crippen molar-refractivity contribution in [3.8, 4) is 22.7 Å². The van der Waals surface area contributed by atoms with E-state index in [1.165, 1.54) is 0 Å². The molecule has 31 heavy (non-hydrogen) atoms. The lowest BCUT2D eigenvalue weighted by atomic mass is 10.1. The SMILES string of the molecule is Cc1cccc(OCC(=O)N/N=C/c2cn(-c3ccccc3)nc2-c2cccnc2)c1. The number of hydrazone groups is 1. The highest BCUT2D eigenvalue weighted by molar-refractivity contribution is 5.89. The number of rotatable bonds is 7. The van der Waals surface area contributed by atoms with Crippen LogP contribution in [0.1, 0.15) is 11.1 Å². The van der Waals surface area contributed by atoms with Crippen LogP contribution in [0.4, 0.5) is 0 Å². The van der Waals surface area contributed by atoms with Crippen molar-refractivity contribution in [1.29, 1.82) is 0 Å². The van der Waals surface area contributed by atoms with Gasteiger partial charge in [-0.1, -0.05) is 30.3 Å². The van der Waals surface area contributed by atoms with Gasteiger partial charge in [0.05, 0.1) is 11.9 Å². The van der Waals surface area contributed by atoms with Gasteiger partial charge < -0.3 is 4.74 Å². The van der Waals surface area contributed by atoms with Crippen molar-refractivity contribution in [2.24, 2.45) is 5.10 Å². The van der Waals surface area contributed by atoms with E-state index in [0.29, 0.717) is 11.4 Å². The van der Waals surface area contributed by atoms with Crippen LogP contribution in [0.25, 0.3) is 16.9 Å². The van der Waals surface area contributed by atoms with E-state index < -0.39 is 0 Å². The number of benzene rings is 2. The van der Waals surface area contributed by atoms with Crippen molar-refractivity contribution in [2.75, 3.05) is 6.61 Å². The molecule has 2 heterocycles. The quantitative estimate of drug-likeness (QED) is 0.371. The highest BCUT2D eigenvalue weighted by Crippen LogP contribution is 2.21. The van der Waals surface area contributed by atoms with Crippen molar-refractivity contribution in [1.82, 2.24) is 20.2 Å². The summed E-state index contributed by atoms with van der Waals surface area (Å²) in [6.45, 7) is 1.84. The number of para-hydroxylation sites is 1. The molecule has 0 bridgehead atoms. The average Bonchev–Trinajstić information content (AvgIpc) is 3.23. The maximum Gasteiger partial charge on any atom is 0.277 e. The Morgan fingerprint density at radius 2 is 2.00 bits per heavy atom. The molecule has 7 heteroatoms. The lowest BCUT2D eigenvalue weighted by Crippen LogP contribution is -2.24. The number of aryl methyl sites for hydroxylation is 1. The molecule has 154 valence electrons. The van der Waals surface area contributed by atoms with Gasteiger partial charge in [-0.05, 0) is 48.9 Å². The fourth-order valence-corrected chi connectivity index (χ4v) is 2.98. The number of carbonyl (C=O) groups excluding carboxylic acids is 1. The summed E-state index contributed by atoms with van der Waals surface area (Å²) in [5.41, 5.74) is 6.80. The standard InChI is InChI=1S/C24H21N5O2/c1-18-7-5-11-22(13-18)31-17-23(30)27-26-15-20-16-29(21-9-3-2-4-10-21)28-24(20)19-8-6-12-25-14-19/h2-16H,17H2,1H3,(H,27,30)/b26-15+. The van der Waals surface area contributed by atoms with E-state index in [9.17, 15) is 4.79 Å². The molecule has 0 spiro atoms. The van der Waals surface area contributed by atoms with Crippen LogP contribution >= 0.6 is 0 Å². The van der Waals surface area contributed by atoms with Gasteiger partial charge in [-0.25, -0.2) is 10.1 Å². The first kappa shape index (κ1) is 20.0. The van der Waals surface area contributed by atoms with E-state index in [0.717, 1.165) is 22.4 Å². The predicted octanol–water partition coefficient (Wildman–Crippen LogP) is 3.77.